The van der Waals surface area contributed by atoms with Crippen LogP contribution in [0.1, 0.15) is 0 Å². The zero-order chi connectivity index (χ0) is 10.9. The molecule has 0 bridgehead atoms. The van der Waals surface area contributed by atoms with Crippen LogP contribution in [0.5, 0.6) is 0 Å². The highest BCUT2D eigenvalue weighted by molar-refractivity contribution is 8.04. The highest BCUT2D eigenvalue weighted by atomic mass is 35.5. The first-order valence-corrected chi connectivity index (χ1v) is 5.78. The van der Waals surface area contributed by atoms with Crippen LogP contribution in [0.25, 0.3) is 0 Å². The predicted octanol–water partition coefficient (Wildman–Crippen LogP) is 5.53. The van der Waals surface area contributed by atoms with E-state index in [1.54, 1.807) is 0 Å². The maximum absolute atomic E-state index is 8.50. The Bertz CT molecular complexity index is 396. The van der Waals surface area contributed by atoms with Crippen molar-refractivity contribution in [2.24, 2.45) is 0 Å². The van der Waals surface area contributed by atoms with Gasteiger partial charge in [-0.3, -0.25) is 0 Å². The lowest BCUT2D eigenvalue weighted by Crippen LogP contribution is -1.82. The van der Waals surface area contributed by atoms with Crippen molar-refractivity contribution < 1.29 is 0 Å². The molecule has 0 aliphatic rings. The quantitative estimate of drug-likeness (QED) is 0.295. The summed E-state index contributed by atoms with van der Waals surface area (Å²) in [7, 11) is 0. The number of hydrogen-bond acceptors (Lipinski definition) is 2. The molecule has 0 fully saturated rings. The summed E-state index contributed by atoms with van der Waals surface area (Å²) in [6.45, 7) is 0. The monoisotopic (exact) mass is 305 g/mol. The lowest BCUT2D eigenvalue weighted by Gasteiger charge is -2.08. The van der Waals surface area contributed by atoms with E-state index in [0.29, 0.717) is 4.90 Å². The summed E-state index contributed by atoms with van der Waals surface area (Å²) in [6.07, 6.45) is 0. The number of thioether (sulfide) groups is 1. The average Bonchev–Trinajstić information content (AvgIpc) is 2.19. The summed E-state index contributed by atoms with van der Waals surface area (Å²) in [6, 6.07) is 0. The standard InChI is InChI=1S/C7Cl5NS/c8-2-3(9)5(11)7(14-1-13)6(12)4(2)10. The molecule has 1 nitrogen and oxygen atoms in total. The van der Waals surface area contributed by atoms with Crippen molar-refractivity contribution in [2.75, 3.05) is 0 Å². The van der Waals surface area contributed by atoms with Crippen LogP contribution >= 0.6 is 69.8 Å². The second kappa shape index (κ2) is 5.03. The molecule has 1 aromatic carbocycles. The van der Waals surface area contributed by atoms with Crippen molar-refractivity contribution in [2.45, 2.75) is 4.90 Å². The molecule has 0 amide bonds. The highest BCUT2D eigenvalue weighted by Crippen LogP contribution is 2.47. The van der Waals surface area contributed by atoms with E-state index < -0.39 is 0 Å². The van der Waals surface area contributed by atoms with Gasteiger partial charge < -0.3 is 0 Å². The van der Waals surface area contributed by atoms with E-state index in [1.807, 2.05) is 5.40 Å². The van der Waals surface area contributed by atoms with Crippen molar-refractivity contribution >= 4 is 69.8 Å². The Hall–Kier alpha value is 0.510. The maximum atomic E-state index is 8.50. The average molecular weight is 307 g/mol. The number of halogens is 5. The molecule has 1 aromatic rings. The summed E-state index contributed by atoms with van der Waals surface area (Å²) in [5, 5.41) is 10.9. The van der Waals surface area contributed by atoms with Gasteiger partial charge in [0, 0.05) is 0 Å². The van der Waals surface area contributed by atoms with Crippen LogP contribution in [-0.4, -0.2) is 0 Å². The van der Waals surface area contributed by atoms with Gasteiger partial charge in [-0.1, -0.05) is 58.0 Å². The van der Waals surface area contributed by atoms with Gasteiger partial charge in [-0.2, -0.15) is 5.26 Å². The third-order valence-electron chi connectivity index (χ3n) is 1.32. The molecule has 0 unspecified atom stereocenters. The minimum atomic E-state index is 0.0885. The molecule has 0 N–H and O–H groups in total. The van der Waals surface area contributed by atoms with Gasteiger partial charge >= 0.3 is 0 Å². The van der Waals surface area contributed by atoms with Crippen LogP contribution in [0.15, 0.2) is 4.90 Å². The molecule has 0 aromatic heterocycles. The first-order chi connectivity index (χ1) is 6.50. The van der Waals surface area contributed by atoms with Crippen LogP contribution in [0, 0.1) is 10.7 Å². The molecular formula is C7Cl5NS. The van der Waals surface area contributed by atoms with E-state index >= 15 is 0 Å². The molecule has 0 aliphatic heterocycles. The number of nitrogens with zero attached hydrogens (tertiary/aromatic N) is 1. The lowest BCUT2D eigenvalue weighted by atomic mass is 10.3. The van der Waals surface area contributed by atoms with E-state index in [9.17, 15) is 0 Å². The number of rotatable bonds is 1. The van der Waals surface area contributed by atoms with Crippen molar-refractivity contribution in [3.05, 3.63) is 25.1 Å². The maximum Gasteiger partial charge on any atom is 0.138 e. The first kappa shape index (κ1) is 12.6. The minimum Gasteiger partial charge on any atom is -0.185 e. The summed E-state index contributed by atoms with van der Waals surface area (Å²) in [5.74, 6) is 0. The Morgan fingerprint density at radius 1 is 0.786 bits per heavy atom. The summed E-state index contributed by atoms with van der Waals surface area (Å²) in [5.41, 5.74) is 0. The summed E-state index contributed by atoms with van der Waals surface area (Å²) in [4.78, 5) is 0.315. The Kier molecular flexibility index (Phi) is 4.52. The van der Waals surface area contributed by atoms with Gasteiger partial charge in [0.25, 0.3) is 0 Å². The first-order valence-electron chi connectivity index (χ1n) is 3.08. The van der Waals surface area contributed by atoms with Gasteiger partial charge in [-0.15, -0.1) is 0 Å². The van der Waals surface area contributed by atoms with Crippen molar-refractivity contribution in [3.63, 3.8) is 0 Å². The molecule has 1 rings (SSSR count). The van der Waals surface area contributed by atoms with Gasteiger partial charge in [0.15, 0.2) is 0 Å². The van der Waals surface area contributed by atoms with Gasteiger partial charge in [0.1, 0.15) is 5.40 Å². The van der Waals surface area contributed by atoms with Gasteiger partial charge in [0.05, 0.1) is 30.0 Å². The van der Waals surface area contributed by atoms with Gasteiger partial charge in [-0.05, 0) is 11.8 Å². The molecule has 0 heterocycles. The molecule has 74 valence electrons. The summed E-state index contributed by atoms with van der Waals surface area (Å²) < 4.78 is 0. The van der Waals surface area contributed by atoms with Crippen LogP contribution < -0.4 is 0 Å². The largest absolute Gasteiger partial charge is 0.185 e. The molecule has 0 saturated carbocycles. The smallest absolute Gasteiger partial charge is 0.138 e. The van der Waals surface area contributed by atoms with Crippen molar-refractivity contribution in [1.82, 2.24) is 0 Å². The normalized spacial score (nSPS) is 10.0. The van der Waals surface area contributed by atoms with E-state index in [1.165, 1.54) is 0 Å². The van der Waals surface area contributed by atoms with E-state index in [0.717, 1.165) is 11.8 Å². The fourth-order valence-electron chi connectivity index (χ4n) is 0.720. The fourth-order valence-corrected chi connectivity index (χ4v) is 2.68. The molecule has 0 aliphatic carbocycles. The van der Waals surface area contributed by atoms with Crippen LogP contribution in [-0.2, 0) is 0 Å². The van der Waals surface area contributed by atoms with Gasteiger partial charge in [-0.25, -0.2) is 0 Å². The zero-order valence-corrected chi connectivity index (χ0v) is 10.8. The highest BCUT2D eigenvalue weighted by Gasteiger charge is 2.19. The van der Waals surface area contributed by atoms with E-state index in [-0.39, 0.29) is 25.1 Å². The molecule has 7 heteroatoms. The van der Waals surface area contributed by atoms with E-state index in [2.05, 4.69) is 0 Å². The molecule has 0 radical (unpaired) electrons. The van der Waals surface area contributed by atoms with E-state index in [4.69, 9.17) is 63.3 Å². The van der Waals surface area contributed by atoms with Crippen LogP contribution in [0.4, 0.5) is 0 Å². The van der Waals surface area contributed by atoms with Crippen molar-refractivity contribution in [3.8, 4) is 5.40 Å². The number of nitriles is 1. The third-order valence-corrected chi connectivity index (χ3v) is 4.52. The number of thiocyanates is 1. The molecular weight excluding hydrogens is 307 g/mol. The molecule has 0 spiro atoms. The second-order valence-corrected chi connectivity index (χ2v) is 4.78. The number of benzene rings is 1. The Labute approximate surface area is 110 Å². The summed E-state index contributed by atoms with van der Waals surface area (Å²) >= 11 is 29.7. The Balaban J connectivity index is 3.53. The lowest BCUT2D eigenvalue weighted by molar-refractivity contribution is 1.46. The van der Waals surface area contributed by atoms with Gasteiger partial charge in [0.2, 0.25) is 0 Å². The zero-order valence-electron chi connectivity index (χ0n) is 6.25. The van der Waals surface area contributed by atoms with Crippen molar-refractivity contribution in [1.29, 1.82) is 5.26 Å². The third kappa shape index (κ3) is 2.19. The predicted molar refractivity (Wildman–Crippen MR) is 63.0 cm³/mol. The van der Waals surface area contributed by atoms with Crippen LogP contribution in [0.2, 0.25) is 25.1 Å². The SMILES string of the molecule is N#CSc1c(Cl)c(Cl)c(Cl)c(Cl)c1Cl. The van der Waals surface area contributed by atoms with Crippen LogP contribution in [0.3, 0.4) is 0 Å². The second-order valence-electron chi connectivity index (χ2n) is 2.09. The Morgan fingerprint density at radius 3 is 1.50 bits per heavy atom. The number of hydrogen-bond donors (Lipinski definition) is 0. The topological polar surface area (TPSA) is 23.8 Å². The molecule has 0 saturated heterocycles. The molecule has 14 heavy (non-hydrogen) atoms. The minimum absolute atomic E-state index is 0.0885. The fraction of sp³-hybridized carbons (Fsp3) is 0. The Morgan fingerprint density at radius 2 is 1.14 bits per heavy atom. The molecule has 0 atom stereocenters.